The van der Waals surface area contributed by atoms with E-state index in [0.717, 1.165) is 47.6 Å². The first-order chi connectivity index (χ1) is 14.7. The molecule has 0 saturated heterocycles. The highest BCUT2D eigenvalue weighted by molar-refractivity contribution is 5.97. The Kier molecular flexibility index (Phi) is 7.63. The number of anilines is 1. The van der Waals surface area contributed by atoms with Crippen molar-refractivity contribution in [1.82, 2.24) is 0 Å². The summed E-state index contributed by atoms with van der Waals surface area (Å²) in [7, 11) is 1.36. The number of carbonyl (C=O) groups excluding carboxylic acids is 2. The molecule has 0 spiro atoms. The van der Waals surface area contributed by atoms with E-state index in [2.05, 4.69) is 0 Å². The Balaban J connectivity index is 1.79. The van der Waals surface area contributed by atoms with Gasteiger partial charge in [-0.2, -0.15) is 0 Å². The molecule has 0 aromatic heterocycles. The second kappa shape index (κ2) is 10.6. The van der Waals surface area contributed by atoms with Crippen LogP contribution < -0.4 is 9.64 Å². The van der Waals surface area contributed by atoms with Crippen LogP contribution in [0.25, 0.3) is 17.2 Å². The molecule has 2 aromatic carbocycles. The molecule has 3 rings (SSSR count). The number of amides is 1. The second-order valence-corrected chi connectivity index (χ2v) is 6.91. The van der Waals surface area contributed by atoms with E-state index in [1.165, 1.54) is 7.11 Å². The average molecular weight is 409 g/mol. The van der Waals surface area contributed by atoms with Crippen LogP contribution >= 0.6 is 0 Å². The van der Waals surface area contributed by atoms with Gasteiger partial charge in [0.05, 0.1) is 19.4 Å². The monoisotopic (exact) mass is 409 g/mol. The number of nitrogens with zero attached hydrogens (tertiary/aromatic N) is 1. The molecule has 0 radical (unpaired) electrons. The zero-order chi connectivity index (χ0) is 21.3. The van der Waals surface area contributed by atoms with Crippen LogP contribution in [0.3, 0.4) is 0 Å². The number of ether oxygens (including phenoxy) is 3. The number of benzene rings is 2. The summed E-state index contributed by atoms with van der Waals surface area (Å²) < 4.78 is 15.9. The summed E-state index contributed by atoms with van der Waals surface area (Å²) in [5, 5.41) is 0. The highest BCUT2D eigenvalue weighted by Crippen LogP contribution is 2.32. The molecular formula is C24H27NO5. The van der Waals surface area contributed by atoms with Crippen LogP contribution in [0.5, 0.6) is 5.75 Å². The lowest BCUT2D eigenvalue weighted by molar-refractivity contribution is -0.136. The van der Waals surface area contributed by atoms with Crippen LogP contribution in [-0.4, -0.2) is 45.9 Å². The molecule has 6 heteroatoms. The predicted molar refractivity (Wildman–Crippen MR) is 117 cm³/mol. The van der Waals surface area contributed by atoms with E-state index in [4.69, 9.17) is 14.2 Å². The third kappa shape index (κ3) is 5.27. The molecule has 0 atom stereocenters. The molecule has 0 N–H and O–H groups in total. The largest absolute Gasteiger partial charge is 0.494 e. The van der Waals surface area contributed by atoms with Crippen molar-refractivity contribution in [3.05, 3.63) is 53.6 Å². The Labute approximate surface area is 177 Å². The van der Waals surface area contributed by atoms with E-state index >= 15 is 0 Å². The van der Waals surface area contributed by atoms with Crippen LogP contribution in [0, 0.1) is 0 Å². The lowest BCUT2D eigenvalue weighted by atomic mass is 10.0. The summed E-state index contributed by atoms with van der Waals surface area (Å²) in [6, 6.07) is 13.7. The number of fused-ring (bicyclic) bond motifs is 1. The zero-order valence-corrected chi connectivity index (χ0v) is 17.4. The SMILES string of the molecule is CCOCCCOc1ccc(-c2ccc3c(c2)C=C(C(=O)OC)CCN3C=O)cc1. The molecule has 30 heavy (non-hydrogen) atoms. The van der Waals surface area contributed by atoms with Gasteiger partial charge in [0.15, 0.2) is 0 Å². The van der Waals surface area contributed by atoms with Gasteiger partial charge in [-0.25, -0.2) is 4.79 Å². The maximum atomic E-state index is 12.0. The van der Waals surface area contributed by atoms with Gasteiger partial charge in [0.1, 0.15) is 5.75 Å². The summed E-state index contributed by atoms with van der Waals surface area (Å²) in [6.07, 6.45) is 3.90. The quantitative estimate of drug-likeness (QED) is 0.355. The molecule has 0 aliphatic carbocycles. The van der Waals surface area contributed by atoms with Gasteiger partial charge in [-0.05, 0) is 60.4 Å². The molecule has 0 bridgehead atoms. The summed E-state index contributed by atoms with van der Waals surface area (Å²) >= 11 is 0. The third-order valence-corrected chi connectivity index (χ3v) is 4.96. The molecule has 1 amide bonds. The number of esters is 1. The predicted octanol–water partition coefficient (Wildman–Crippen LogP) is 4.08. The molecule has 0 saturated carbocycles. The smallest absolute Gasteiger partial charge is 0.333 e. The van der Waals surface area contributed by atoms with Gasteiger partial charge in [0, 0.05) is 31.8 Å². The Hall–Kier alpha value is -3.12. The summed E-state index contributed by atoms with van der Waals surface area (Å²) in [5.74, 6) is 0.440. The first-order valence-corrected chi connectivity index (χ1v) is 10.1. The molecule has 1 aliphatic rings. The first-order valence-electron chi connectivity index (χ1n) is 10.1. The minimum Gasteiger partial charge on any atom is -0.494 e. The van der Waals surface area contributed by atoms with Crippen LogP contribution in [0.2, 0.25) is 0 Å². The number of rotatable bonds is 9. The Bertz CT molecular complexity index is 904. The van der Waals surface area contributed by atoms with Gasteiger partial charge in [-0.1, -0.05) is 18.2 Å². The van der Waals surface area contributed by atoms with Gasteiger partial charge in [-0.15, -0.1) is 0 Å². The van der Waals surface area contributed by atoms with Crippen molar-refractivity contribution in [1.29, 1.82) is 0 Å². The van der Waals surface area contributed by atoms with Crippen molar-refractivity contribution in [2.24, 2.45) is 0 Å². The van der Waals surface area contributed by atoms with E-state index in [1.807, 2.05) is 55.5 Å². The van der Waals surface area contributed by atoms with E-state index in [0.29, 0.717) is 31.8 Å². The Morgan fingerprint density at radius 2 is 1.87 bits per heavy atom. The summed E-state index contributed by atoms with van der Waals surface area (Å²) in [6.45, 7) is 4.44. The van der Waals surface area contributed by atoms with Crippen molar-refractivity contribution < 1.29 is 23.8 Å². The summed E-state index contributed by atoms with van der Waals surface area (Å²) in [5.41, 5.74) is 4.16. The Morgan fingerprint density at radius 3 is 2.57 bits per heavy atom. The van der Waals surface area contributed by atoms with Crippen LogP contribution in [0.4, 0.5) is 5.69 Å². The maximum Gasteiger partial charge on any atom is 0.333 e. The van der Waals surface area contributed by atoms with E-state index in [9.17, 15) is 9.59 Å². The van der Waals surface area contributed by atoms with Crippen LogP contribution in [0.1, 0.15) is 25.3 Å². The topological polar surface area (TPSA) is 65.1 Å². The molecule has 0 unspecified atom stereocenters. The van der Waals surface area contributed by atoms with Crippen molar-refractivity contribution in [3.63, 3.8) is 0 Å². The van der Waals surface area contributed by atoms with Crippen molar-refractivity contribution in [3.8, 4) is 16.9 Å². The minimum absolute atomic E-state index is 0.370. The van der Waals surface area contributed by atoms with Gasteiger partial charge >= 0.3 is 5.97 Å². The van der Waals surface area contributed by atoms with Crippen molar-refractivity contribution in [2.45, 2.75) is 19.8 Å². The molecule has 158 valence electrons. The standard InChI is InChI=1S/C24H27NO5/c1-3-29-13-4-14-30-22-8-5-18(6-9-22)19-7-10-23-21(15-19)16-20(24(27)28-2)11-12-25(23)17-26/h5-10,15-17H,3-4,11-14H2,1-2H3. The molecular weight excluding hydrogens is 382 g/mol. The number of carbonyl (C=O) groups is 2. The fraction of sp³-hybridized carbons (Fsp3) is 0.333. The lowest BCUT2D eigenvalue weighted by Crippen LogP contribution is -2.23. The molecule has 2 aromatic rings. The molecule has 1 aliphatic heterocycles. The Morgan fingerprint density at radius 1 is 1.10 bits per heavy atom. The summed E-state index contributed by atoms with van der Waals surface area (Å²) in [4.78, 5) is 25.2. The maximum absolute atomic E-state index is 12.0. The third-order valence-electron chi connectivity index (χ3n) is 4.96. The minimum atomic E-state index is -0.370. The van der Waals surface area contributed by atoms with E-state index in [-0.39, 0.29) is 5.97 Å². The lowest BCUT2D eigenvalue weighted by Gasteiger charge is -2.18. The van der Waals surface area contributed by atoms with Crippen LogP contribution in [-0.2, 0) is 19.1 Å². The highest BCUT2D eigenvalue weighted by Gasteiger charge is 2.20. The number of hydrogen-bond donors (Lipinski definition) is 0. The normalized spacial score (nSPS) is 13.1. The van der Waals surface area contributed by atoms with E-state index in [1.54, 1.807) is 4.90 Å². The average Bonchev–Trinajstić information content (AvgIpc) is 2.97. The van der Waals surface area contributed by atoms with Gasteiger partial charge in [0.2, 0.25) is 6.41 Å². The van der Waals surface area contributed by atoms with Gasteiger partial charge < -0.3 is 19.1 Å². The molecule has 1 heterocycles. The number of methoxy groups -OCH3 is 1. The number of hydrogen-bond acceptors (Lipinski definition) is 5. The fourth-order valence-corrected chi connectivity index (χ4v) is 3.37. The molecule has 0 fully saturated rings. The van der Waals surface area contributed by atoms with Gasteiger partial charge in [0.25, 0.3) is 0 Å². The first kappa shape index (κ1) is 21.6. The highest BCUT2D eigenvalue weighted by atomic mass is 16.5. The molecule has 6 nitrogen and oxygen atoms in total. The zero-order valence-electron chi connectivity index (χ0n) is 17.4. The van der Waals surface area contributed by atoms with Crippen molar-refractivity contribution in [2.75, 3.05) is 38.4 Å². The van der Waals surface area contributed by atoms with E-state index < -0.39 is 0 Å². The second-order valence-electron chi connectivity index (χ2n) is 6.91. The van der Waals surface area contributed by atoms with Crippen LogP contribution in [0.15, 0.2) is 48.0 Å². The van der Waals surface area contributed by atoms with Crippen molar-refractivity contribution >= 4 is 24.1 Å². The van der Waals surface area contributed by atoms with Gasteiger partial charge in [-0.3, -0.25) is 4.79 Å². The fourth-order valence-electron chi connectivity index (χ4n) is 3.37.